The predicted octanol–water partition coefficient (Wildman–Crippen LogP) is 10.9. The summed E-state index contributed by atoms with van der Waals surface area (Å²) in [5.74, 6) is -0.523. The molecule has 0 heterocycles. The van der Waals surface area contributed by atoms with Crippen molar-refractivity contribution >= 4 is 11.9 Å². The summed E-state index contributed by atoms with van der Waals surface area (Å²) in [6.07, 6.45) is 32.1. The van der Waals surface area contributed by atoms with Gasteiger partial charge in [0, 0.05) is 12.8 Å². The van der Waals surface area contributed by atoms with Crippen LogP contribution in [0.25, 0.3) is 0 Å². The third-order valence-electron chi connectivity index (χ3n) is 10.3. The minimum atomic E-state index is -0.759. The number of ether oxygens (including phenoxy) is 2. The normalized spacial score (nSPS) is 14.0. The van der Waals surface area contributed by atoms with Gasteiger partial charge in [0.1, 0.15) is 13.2 Å². The maximum Gasteiger partial charge on any atom is 0.305 e. The molecule has 0 aliphatic heterocycles. The van der Waals surface area contributed by atoms with Crippen LogP contribution >= 0.6 is 0 Å². The van der Waals surface area contributed by atoms with Crippen LogP contribution in [0.2, 0.25) is 0 Å². The summed E-state index contributed by atoms with van der Waals surface area (Å²) in [6, 6.07) is 0. The van der Waals surface area contributed by atoms with Crippen LogP contribution in [-0.2, 0) is 19.1 Å². The van der Waals surface area contributed by atoms with E-state index < -0.39 is 5.41 Å². The minimum Gasteiger partial charge on any atom is -0.465 e. The molecule has 7 heteroatoms. The lowest BCUT2D eigenvalue weighted by Gasteiger charge is -2.29. The summed E-state index contributed by atoms with van der Waals surface area (Å²) in [6.45, 7) is 6.29. The van der Waals surface area contributed by atoms with Crippen molar-refractivity contribution < 1.29 is 34.4 Å². The molecule has 0 aromatic heterocycles. The molecular formula is C42H82O7. The van der Waals surface area contributed by atoms with E-state index in [9.17, 15) is 24.9 Å². The second-order valence-electron chi connectivity index (χ2n) is 15.1. The second kappa shape index (κ2) is 35.2. The highest BCUT2D eigenvalue weighted by molar-refractivity contribution is 5.69. The fourth-order valence-electron chi connectivity index (χ4n) is 6.38. The number of carbonyl (C=O) groups is 2. The lowest BCUT2D eigenvalue weighted by atomic mass is 9.88. The van der Waals surface area contributed by atoms with Crippen molar-refractivity contribution in [3.8, 4) is 0 Å². The molecule has 49 heavy (non-hydrogen) atoms. The van der Waals surface area contributed by atoms with Crippen molar-refractivity contribution in [2.45, 2.75) is 232 Å². The third-order valence-corrected chi connectivity index (χ3v) is 10.3. The van der Waals surface area contributed by atoms with Gasteiger partial charge in [0.2, 0.25) is 0 Å². The molecule has 0 rings (SSSR count). The van der Waals surface area contributed by atoms with E-state index in [1.165, 1.54) is 64.2 Å². The van der Waals surface area contributed by atoms with Crippen molar-refractivity contribution in [3.63, 3.8) is 0 Å². The molecule has 0 aliphatic carbocycles. The van der Waals surface area contributed by atoms with Crippen LogP contribution in [0.15, 0.2) is 0 Å². The number of aliphatic hydroxyl groups excluding tert-OH is 3. The Morgan fingerprint density at radius 2 is 0.755 bits per heavy atom. The summed E-state index contributed by atoms with van der Waals surface area (Å²) in [7, 11) is 0. The molecule has 2 unspecified atom stereocenters. The van der Waals surface area contributed by atoms with E-state index in [4.69, 9.17) is 9.47 Å². The zero-order valence-electron chi connectivity index (χ0n) is 32.7. The van der Waals surface area contributed by atoms with Crippen LogP contribution in [0, 0.1) is 5.41 Å². The molecule has 292 valence electrons. The van der Waals surface area contributed by atoms with Crippen LogP contribution in [-0.4, -0.2) is 59.3 Å². The molecule has 0 saturated heterocycles. The van der Waals surface area contributed by atoms with E-state index in [1.54, 1.807) is 0 Å². The van der Waals surface area contributed by atoms with Gasteiger partial charge in [-0.2, -0.15) is 0 Å². The molecule has 0 aromatic rings. The molecule has 0 amide bonds. The number of carbonyl (C=O) groups excluding carboxylic acids is 2. The maximum absolute atomic E-state index is 12.4. The minimum absolute atomic E-state index is 0.0564. The molecule has 0 saturated carbocycles. The predicted molar refractivity (Wildman–Crippen MR) is 204 cm³/mol. The van der Waals surface area contributed by atoms with Crippen molar-refractivity contribution in [2.75, 3.05) is 19.8 Å². The van der Waals surface area contributed by atoms with Crippen molar-refractivity contribution in [3.05, 3.63) is 0 Å². The zero-order valence-corrected chi connectivity index (χ0v) is 32.7. The fraction of sp³-hybridized carbons (Fsp3) is 0.952. The van der Waals surface area contributed by atoms with Crippen LogP contribution in [0.4, 0.5) is 0 Å². The molecule has 7 nitrogen and oxygen atoms in total. The van der Waals surface area contributed by atoms with E-state index in [1.807, 2.05) is 6.92 Å². The Morgan fingerprint density at radius 3 is 1.04 bits per heavy atom. The standard InChI is InChI=1S/C42H82O7/c1-4-7-9-11-17-23-29-38(44)31-25-19-13-15-21-27-33-40(46)48-36-42(6-3,35-43)37-49-41(47)34-28-22-16-14-20-26-32-39(45)30-24-18-12-10-8-5-2/h38-39,43-45H,4-37H2,1-3H3. The molecule has 0 aliphatic rings. The first-order valence-corrected chi connectivity index (χ1v) is 21.1. The van der Waals surface area contributed by atoms with E-state index in [0.29, 0.717) is 19.3 Å². The average Bonchev–Trinajstić information content (AvgIpc) is 3.10. The molecule has 0 fully saturated rings. The first-order valence-electron chi connectivity index (χ1n) is 21.1. The quantitative estimate of drug-likeness (QED) is 0.0434. The van der Waals surface area contributed by atoms with Gasteiger partial charge in [-0.25, -0.2) is 0 Å². The van der Waals surface area contributed by atoms with Gasteiger partial charge in [-0.15, -0.1) is 0 Å². The molecule has 2 atom stereocenters. The van der Waals surface area contributed by atoms with Crippen molar-refractivity contribution in [1.82, 2.24) is 0 Å². The molecule has 0 spiro atoms. The number of aliphatic hydroxyl groups is 3. The molecular weight excluding hydrogens is 616 g/mol. The van der Waals surface area contributed by atoms with Gasteiger partial charge in [-0.1, -0.05) is 162 Å². The van der Waals surface area contributed by atoms with Crippen LogP contribution in [0.5, 0.6) is 0 Å². The molecule has 0 bridgehead atoms. The lowest BCUT2D eigenvalue weighted by molar-refractivity contribution is -0.156. The molecule has 0 radical (unpaired) electrons. The largest absolute Gasteiger partial charge is 0.465 e. The molecule has 3 N–H and O–H groups in total. The summed E-state index contributed by atoms with van der Waals surface area (Å²) >= 11 is 0. The Kier molecular flexibility index (Phi) is 34.4. The van der Waals surface area contributed by atoms with Crippen LogP contribution in [0.1, 0.15) is 220 Å². The second-order valence-corrected chi connectivity index (χ2v) is 15.1. The van der Waals surface area contributed by atoms with E-state index in [2.05, 4.69) is 13.8 Å². The van der Waals surface area contributed by atoms with Gasteiger partial charge < -0.3 is 24.8 Å². The Labute approximate surface area is 303 Å². The van der Waals surface area contributed by atoms with E-state index in [0.717, 1.165) is 116 Å². The summed E-state index contributed by atoms with van der Waals surface area (Å²) < 4.78 is 11.0. The first-order chi connectivity index (χ1) is 23.8. The highest BCUT2D eigenvalue weighted by Crippen LogP contribution is 2.24. The number of rotatable bonds is 38. The smallest absolute Gasteiger partial charge is 0.305 e. The Morgan fingerprint density at radius 1 is 0.469 bits per heavy atom. The van der Waals surface area contributed by atoms with Gasteiger partial charge >= 0.3 is 11.9 Å². The summed E-state index contributed by atoms with van der Waals surface area (Å²) in [4.78, 5) is 24.7. The van der Waals surface area contributed by atoms with Gasteiger partial charge in [0.05, 0.1) is 24.2 Å². The topological polar surface area (TPSA) is 113 Å². The Bertz CT molecular complexity index is 668. The maximum atomic E-state index is 12.4. The van der Waals surface area contributed by atoms with Crippen molar-refractivity contribution in [2.24, 2.45) is 5.41 Å². The highest BCUT2D eigenvalue weighted by Gasteiger charge is 2.31. The monoisotopic (exact) mass is 699 g/mol. The van der Waals surface area contributed by atoms with Crippen molar-refractivity contribution in [1.29, 1.82) is 0 Å². The Hall–Kier alpha value is -1.18. The first kappa shape index (κ1) is 47.8. The zero-order chi connectivity index (χ0) is 36.3. The van der Waals surface area contributed by atoms with Crippen LogP contribution < -0.4 is 0 Å². The summed E-state index contributed by atoms with van der Waals surface area (Å²) in [5, 5.41) is 30.4. The van der Waals surface area contributed by atoms with Gasteiger partial charge in [-0.05, 0) is 44.9 Å². The third kappa shape index (κ3) is 31.3. The van der Waals surface area contributed by atoms with E-state index in [-0.39, 0.29) is 44.0 Å². The highest BCUT2D eigenvalue weighted by atomic mass is 16.5. The van der Waals surface area contributed by atoms with Crippen LogP contribution in [0.3, 0.4) is 0 Å². The average molecular weight is 699 g/mol. The SMILES string of the molecule is CCCCCCCCC(O)CCCCCCCCC(=O)OCC(CC)(CO)COC(=O)CCCCCCCCC(O)CCCCCCCC. The van der Waals surface area contributed by atoms with E-state index >= 15 is 0 Å². The number of unbranched alkanes of at least 4 members (excludes halogenated alkanes) is 20. The number of esters is 2. The number of hydrogen-bond donors (Lipinski definition) is 3. The molecule has 0 aromatic carbocycles. The van der Waals surface area contributed by atoms with Gasteiger partial charge in [-0.3, -0.25) is 9.59 Å². The Balaban J connectivity index is 3.84. The number of hydrogen-bond acceptors (Lipinski definition) is 7. The van der Waals surface area contributed by atoms with Gasteiger partial charge in [0.25, 0.3) is 0 Å². The lowest BCUT2D eigenvalue weighted by Crippen LogP contribution is -2.37. The van der Waals surface area contributed by atoms with Gasteiger partial charge in [0.15, 0.2) is 0 Å². The fourth-order valence-corrected chi connectivity index (χ4v) is 6.38. The summed E-state index contributed by atoms with van der Waals surface area (Å²) in [5.41, 5.74) is -0.759.